The zero-order chi connectivity index (χ0) is 44.9. The van der Waals surface area contributed by atoms with Crippen molar-refractivity contribution >= 4 is 34.1 Å². The van der Waals surface area contributed by atoms with E-state index in [0.717, 1.165) is 19.5 Å². The van der Waals surface area contributed by atoms with Gasteiger partial charge in [0.25, 0.3) is 11.7 Å². The average molecular weight is 847 g/mol. The predicted molar refractivity (Wildman–Crippen MR) is 228 cm³/mol. The number of methoxy groups -OCH3 is 1. The molecule has 5 N–H and O–H groups in total. The van der Waals surface area contributed by atoms with Crippen LogP contribution < -0.4 is 20.8 Å². The fourth-order valence-corrected chi connectivity index (χ4v) is 9.35. The van der Waals surface area contributed by atoms with Crippen LogP contribution in [0.2, 0.25) is 0 Å². The van der Waals surface area contributed by atoms with Gasteiger partial charge in [0, 0.05) is 80.8 Å². The number of benzene rings is 2. The van der Waals surface area contributed by atoms with E-state index in [0.29, 0.717) is 24.7 Å². The van der Waals surface area contributed by atoms with Gasteiger partial charge in [-0.25, -0.2) is 4.99 Å². The molecular weight excluding hydrogens is 785 g/mol. The number of rotatable bonds is 4. The van der Waals surface area contributed by atoms with Gasteiger partial charge in [-0.15, -0.1) is 0 Å². The number of anilines is 1. The molecule has 1 spiro atoms. The van der Waals surface area contributed by atoms with E-state index >= 15 is 0 Å². The van der Waals surface area contributed by atoms with Gasteiger partial charge in [0.1, 0.15) is 28.3 Å². The summed E-state index contributed by atoms with van der Waals surface area (Å²) < 4.78 is 24.0. The highest BCUT2D eigenvalue weighted by Crippen LogP contribution is 2.51. The Kier molecular flexibility index (Phi) is 13.1. The molecule has 0 radical (unpaired) electrons. The van der Waals surface area contributed by atoms with Crippen molar-refractivity contribution in [2.75, 3.05) is 38.6 Å². The third-order valence-corrected chi connectivity index (χ3v) is 12.9. The molecule has 2 aromatic carbocycles. The van der Waals surface area contributed by atoms with E-state index in [2.05, 4.69) is 29.1 Å². The van der Waals surface area contributed by atoms with Crippen LogP contribution in [0.5, 0.6) is 17.2 Å². The number of fused-ring (bicyclic) bond motifs is 1. The van der Waals surface area contributed by atoms with E-state index in [1.54, 1.807) is 59.8 Å². The number of hydrogen-bond acceptors (Lipinski definition) is 14. The molecule has 6 rings (SSSR count). The fraction of sp³-hybridized carbons (Fsp3) is 0.587. The smallest absolute Gasteiger partial charge is 0.312 e. The van der Waals surface area contributed by atoms with E-state index in [9.17, 15) is 34.8 Å². The van der Waals surface area contributed by atoms with Gasteiger partial charge in [0.15, 0.2) is 5.75 Å². The van der Waals surface area contributed by atoms with Gasteiger partial charge in [0.2, 0.25) is 0 Å². The van der Waals surface area contributed by atoms with Crippen LogP contribution in [0, 0.1) is 36.5 Å². The van der Waals surface area contributed by atoms with Gasteiger partial charge in [-0.3, -0.25) is 19.4 Å². The molecular formula is C46H62N4O11. The molecule has 1 fully saturated rings. The average Bonchev–Trinajstić information content (AvgIpc) is 3.71. The minimum absolute atomic E-state index is 0.0536. The first kappa shape index (κ1) is 45.7. The summed E-state index contributed by atoms with van der Waals surface area (Å²) in [6.45, 7) is 19.8. The normalized spacial score (nSPS) is 34.2. The molecule has 332 valence electrons. The Morgan fingerprint density at radius 1 is 1.02 bits per heavy atom. The van der Waals surface area contributed by atoms with Crippen LogP contribution in [0.3, 0.4) is 0 Å². The summed E-state index contributed by atoms with van der Waals surface area (Å²) in [6, 6.07) is 0. The third-order valence-electron chi connectivity index (χ3n) is 12.9. The Morgan fingerprint density at radius 3 is 2.38 bits per heavy atom. The van der Waals surface area contributed by atoms with Crippen LogP contribution in [-0.4, -0.2) is 112 Å². The quantitative estimate of drug-likeness (QED) is 0.214. The van der Waals surface area contributed by atoms with E-state index in [1.807, 2.05) is 0 Å². The number of ether oxygens (including phenoxy) is 4. The summed E-state index contributed by atoms with van der Waals surface area (Å²) in [4.78, 5) is 52.7. The number of esters is 1. The summed E-state index contributed by atoms with van der Waals surface area (Å²) in [5.74, 6) is -6.62. The lowest BCUT2D eigenvalue weighted by Gasteiger charge is -2.38. The van der Waals surface area contributed by atoms with E-state index in [4.69, 9.17) is 23.9 Å². The number of carbonyl (C=O) groups excluding carboxylic acids is 3. The molecule has 4 aliphatic rings. The minimum Gasteiger partial charge on any atom is -0.507 e. The van der Waals surface area contributed by atoms with Crippen LogP contribution in [0.25, 0.3) is 10.8 Å². The van der Waals surface area contributed by atoms with E-state index in [-0.39, 0.29) is 49.7 Å². The molecule has 15 heteroatoms. The van der Waals surface area contributed by atoms with Crippen molar-refractivity contribution in [3.05, 3.63) is 58.0 Å². The zero-order valence-corrected chi connectivity index (χ0v) is 37.1. The standard InChI is InChI=1S/C46H62N4O11/c1-22(2)19-50-17-16-46(21-50)20-47-35-34(49-46)31-32-39(54)28(8)42-33(31)43(56)45(10,61-42)59-18-15-30(58-11)25(5)41(60-29(9)51)27(7)38(53)26(6)37(52)23(3)13-12-14-24(4)44(57)48-36(35)40(32)55/h12-15,18,22-23,25-27,30,37-38,41,49,52-55H,16-17,19-21H2,1-11H3/b13-12+,18-15+,24-14-,48-36?/t23-,25+,26+,27+,30-,37-,38+,41+,45-,46?/m0/s1. The van der Waals surface area contributed by atoms with Crippen molar-refractivity contribution in [2.45, 2.75) is 111 Å². The maximum atomic E-state index is 14.8. The van der Waals surface area contributed by atoms with E-state index < -0.39 is 82.8 Å². The molecule has 2 aromatic rings. The zero-order valence-electron chi connectivity index (χ0n) is 37.1. The predicted octanol–water partition coefficient (Wildman–Crippen LogP) is 4.40. The minimum atomic E-state index is -1.96. The number of carbonyl (C=O) groups is 3. The molecule has 1 unspecified atom stereocenters. The molecule has 4 aliphatic heterocycles. The highest BCUT2D eigenvalue weighted by molar-refractivity contribution is 6.21. The van der Waals surface area contributed by atoms with Crippen LogP contribution in [-0.2, 0) is 23.8 Å². The first-order valence-electron chi connectivity index (χ1n) is 21.2. The molecule has 0 aliphatic carbocycles. The second kappa shape index (κ2) is 17.5. The van der Waals surface area contributed by atoms with Gasteiger partial charge >= 0.3 is 11.8 Å². The summed E-state index contributed by atoms with van der Waals surface area (Å²) in [5, 5.41) is 50.6. The summed E-state index contributed by atoms with van der Waals surface area (Å²) in [6.07, 6.45) is 4.62. The van der Waals surface area contributed by atoms with Crippen molar-refractivity contribution < 1.29 is 53.8 Å². The van der Waals surface area contributed by atoms with Crippen LogP contribution in [0.15, 0.2) is 46.1 Å². The number of aliphatic hydroxyl groups is 2. The van der Waals surface area contributed by atoms with Crippen molar-refractivity contribution in [3.8, 4) is 17.2 Å². The maximum absolute atomic E-state index is 14.8. The Bertz CT molecular complexity index is 2310. The number of aliphatic hydroxyl groups excluding tert-OH is 2. The molecule has 1 saturated heterocycles. The molecule has 0 aromatic heterocycles. The van der Waals surface area contributed by atoms with Gasteiger partial charge in [0.05, 0.1) is 53.3 Å². The number of allylic oxidation sites excluding steroid dienone is 2. The molecule has 10 atom stereocenters. The largest absolute Gasteiger partial charge is 0.507 e. The first-order valence-corrected chi connectivity index (χ1v) is 21.2. The monoisotopic (exact) mass is 846 g/mol. The fourth-order valence-electron chi connectivity index (χ4n) is 9.35. The Morgan fingerprint density at radius 2 is 1.72 bits per heavy atom. The molecule has 1 amide bonds. The number of amides is 1. The van der Waals surface area contributed by atoms with Crippen LogP contribution in [0.4, 0.5) is 5.69 Å². The number of likely N-dealkylation sites (tertiary alicyclic amines) is 1. The van der Waals surface area contributed by atoms with Crippen LogP contribution in [0.1, 0.15) is 84.7 Å². The molecule has 61 heavy (non-hydrogen) atoms. The first-order chi connectivity index (χ1) is 28.6. The van der Waals surface area contributed by atoms with Crippen LogP contribution >= 0.6 is 0 Å². The molecule has 15 nitrogen and oxygen atoms in total. The molecule has 0 saturated carbocycles. The highest BCUT2D eigenvalue weighted by Gasteiger charge is 2.50. The molecule has 4 heterocycles. The lowest BCUT2D eigenvalue weighted by molar-refractivity contribution is -0.160. The van der Waals surface area contributed by atoms with Gasteiger partial charge in [-0.2, -0.15) is 0 Å². The Hall–Kier alpha value is -4.83. The summed E-state index contributed by atoms with van der Waals surface area (Å²) in [5.41, 5.74) is 0.180. The van der Waals surface area contributed by atoms with Crippen molar-refractivity contribution in [3.63, 3.8) is 0 Å². The van der Waals surface area contributed by atoms with Crippen molar-refractivity contribution in [1.29, 1.82) is 0 Å². The van der Waals surface area contributed by atoms with Gasteiger partial charge in [-0.05, 0) is 32.3 Å². The number of phenols is 2. The number of phenolic OH excluding ortho intramolecular Hbond substituents is 2. The summed E-state index contributed by atoms with van der Waals surface area (Å²) >= 11 is 0. The lowest BCUT2D eigenvalue weighted by Crippen LogP contribution is -2.51. The van der Waals surface area contributed by atoms with Gasteiger partial charge in [-0.1, -0.05) is 59.8 Å². The van der Waals surface area contributed by atoms with Gasteiger partial charge < -0.3 is 49.6 Å². The number of Topliss-reactive ketones (excluding diaryl/α,β-unsaturated/α-hetero) is 1. The van der Waals surface area contributed by atoms with Crippen molar-refractivity contribution in [1.82, 2.24) is 4.90 Å². The Labute approximate surface area is 356 Å². The van der Waals surface area contributed by atoms with E-state index in [1.165, 1.54) is 33.3 Å². The second-order valence-electron chi connectivity index (χ2n) is 18.1. The number of ketones is 1. The number of nitrogens with one attached hydrogen (secondary N) is 1. The molecule has 4 bridgehead atoms. The van der Waals surface area contributed by atoms with Crippen molar-refractivity contribution in [2.24, 2.45) is 39.6 Å². The number of nitrogens with zero attached hydrogens (tertiary/aromatic N) is 3. The number of aromatic hydroxyl groups is 2. The maximum Gasteiger partial charge on any atom is 0.312 e. The lowest BCUT2D eigenvalue weighted by atomic mass is 9.78. The SMILES string of the molecule is CO[C@H]1/C=C/O[C@@]2(C)Oc3c(C)c(O)c4c(O)c(c5c(c4c3C2=O)NC2(CCN(CC(C)C)C2)CN=5)=NC(=O)/C(C)=C\C=C\[C@H](C)[C@H](O)[C@@H](C)[C@@H](O)[C@@H](C)[C@H](OC(C)=O)[C@@H]1C. The topological polar surface area (TPSA) is 209 Å². The highest BCUT2D eigenvalue weighted by atomic mass is 16.7. The Balaban J connectivity index is 1.57. The number of hydrogen-bond donors (Lipinski definition) is 5. The summed E-state index contributed by atoms with van der Waals surface area (Å²) in [7, 11) is 1.47. The third kappa shape index (κ3) is 8.54. The second-order valence-corrected chi connectivity index (χ2v) is 18.1.